The third-order valence-electron chi connectivity index (χ3n) is 2.17. The van der Waals surface area contributed by atoms with Gasteiger partial charge in [0.25, 0.3) is 0 Å². The maximum Gasteiger partial charge on any atom is 0.318 e. The molecule has 5 nitrogen and oxygen atoms in total. The third-order valence-corrected chi connectivity index (χ3v) is 2.17. The summed E-state index contributed by atoms with van der Waals surface area (Å²) in [5.41, 5.74) is 0.665. The molecule has 1 aromatic carbocycles. The predicted molar refractivity (Wildman–Crippen MR) is 58.0 cm³/mol. The lowest BCUT2D eigenvalue weighted by Gasteiger charge is -2.03. The first-order valence-electron chi connectivity index (χ1n) is 4.57. The first kappa shape index (κ1) is 10.1. The highest BCUT2D eigenvalue weighted by atomic mass is 16.6. The molecule has 0 radical (unpaired) electrons. The number of aromatic hydroxyl groups is 1. The second kappa shape index (κ2) is 3.98. The summed E-state index contributed by atoms with van der Waals surface area (Å²) in [6.45, 7) is 0. The van der Waals surface area contributed by atoms with Gasteiger partial charge in [-0.25, -0.2) is 0 Å². The third kappa shape index (κ3) is 1.70. The fourth-order valence-corrected chi connectivity index (χ4v) is 1.48. The van der Waals surface area contributed by atoms with Crippen molar-refractivity contribution in [1.82, 2.24) is 4.98 Å². The Balaban J connectivity index is 2.66. The van der Waals surface area contributed by atoms with E-state index in [2.05, 4.69) is 4.98 Å². The van der Waals surface area contributed by atoms with E-state index in [1.54, 1.807) is 30.5 Å². The summed E-state index contributed by atoms with van der Waals surface area (Å²) in [5.74, 6) is -0.341. The van der Waals surface area contributed by atoms with Gasteiger partial charge < -0.3 is 5.11 Å². The Labute approximate surface area is 91.2 Å². The highest BCUT2D eigenvalue weighted by Gasteiger charge is 2.19. The molecular formula is C11H8N2O3. The van der Waals surface area contributed by atoms with Crippen LogP contribution in [0.2, 0.25) is 0 Å². The van der Waals surface area contributed by atoms with Crippen LogP contribution in [0.5, 0.6) is 5.75 Å². The largest absolute Gasteiger partial charge is 0.502 e. The molecule has 0 fully saturated rings. The molecule has 0 atom stereocenters. The molecule has 80 valence electrons. The van der Waals surface area contributed by atoms with Gasteiger partial charge in [-0.05, 0) is 18.2 Å². The van der Waals surface area contributed by atoms with Crippen LogP contribution < -0.4 is 0 Å². The number of phenols is 1. The summed E-state index contributed by atoms with van der Waals surface area (Å²) in [4.78, 5) is 14.1. The maximum atomic E-state index is 10.8. The zero-order chi connectivity index (χ0) is 11.5. The molecule has 0 aliphatic rings. The van der Waals surface area contributed by atoms with Gasteiger partial charge in [0.2, 0.25) is 0 Å². The average molecular weight is 216 g/mol. The van der Waals surface area contributed by atoms with Gasteiger partial charge in [0.1, 0.15) is 0 Å². The average Bonchev–Trinajstić information content (AvgIpc) is 2.29. The number of hydrogen-bond donors (Lipinski definition) is 1. The Hall–Kier alpha value is -2.43. The maximum absolute atomic E-state index is 10.8. The number of nitrogens with zero attached hydrogens (tertiary/aromatic N) is 2. The topological polar surface area (TPSA) is 76.3 Å². The fraction of sp³-hybridized carbons (Fsp3) is 0. The molecule has 5 heteroatoms. The molecule has 16 heavy (non-hydrogen) atoms. The van der Waals surface area contributed by atoms with Gasteiger partial charge >= 0.3 is 5.69 Å². The highest BCUT2D eigenvalue weighted by molar-refractivity contribution is 5.76. The smallest absolute Gasteiger partial charge is 0.318 e. The quantitative estimate of drug-likeness (QED) is 0.617. The van der Waals surface area contributed by atoms with Crippen molar-refractivity contribution >= 4 is 5.69 Å². The zero-order valence-corrected chi connectivity index (χ0v) is 8.20. The van der Waals surface area contributed by atoms with E-state index in [1.807, 2.05) is 0 Å². The number of benzene rings is 1. The molecule has 2 rings (SSSR count). The number of nitro benzene ring substituents is 1. The molecule has 0 amide bonds. The molecule has 1 heterocycles. The Bertz CT molecular complexity index is 526. The van der Waals surface area contributed by atoms with E-state index < -0.39 is 4.92 Å². The molecule has 1 aromatic heterocycles. The van der Waals surface area contributed by atoms with Crippen LogP contribution in [0.3, 0.4) is 0 Å². The number of para-hydroxylation sites is 1. The summed E-state index contributed by atoms with van der Waals surface area (Å²) in [6.07, 6.45) is 3.10. The molecule has 0 saturated carbocycles. The highest BCUT2D eigenvalue weighted by Crippen LogP contribution is 2.36. The monoisotopic (exact) mass is 216 g/mol. The van der Waals surface area contributed by atoms with Crippen LogP contribution in [0.25, 0.3) is 11.1 Å². The van der Waals surface area contributed by atoms with Gasteiger partial charge in [0, 0.05) is 18.0 Å². The van der Waals surface area contributed by atoms with Crippen LogP contribution in [0.4, 0.5) is 5.69 Å². The number of aromatic nitrogens is 1. The van der Waals surface area contributed by atoms with Crippen LogP contribution in [-0.4, -0.2) is 15.0 Å². The van der Waals surface area contributed by atoms with E-state index in [9.17, 15) is 15.2 Å². The van der Waals surface area contributed by atoms with Crippen molar-refractivity contribution < 1.29 is 10.0 Å². The number of phenolic OH excluding ortho intramolecular Hbond substituents is 1. The summed E-state index contributed by atoms with van der Waals surface area (Å²) in [7, 11) is 0. The van der Waals surface area contributed by atoms with Crippen molar-refractivity contribution in [3.8, 4) is 16.9 Å². The molecule has 0 aliphatic heterocycles. The second-order valence-corrected chi connectivity index (χ2v) is 3.17. The normalized spacial score (nSPS) is 10.0. The number of pyridine rings is 1. The lowest BCUT2D eigenvalue weighted by atomic mass is 10.1. The molecule has 1 N–H and O–H groups in total. The Morgan fingerprint density at radius 3 is 2.69 bits per heavy atom. The zero-order valence-electron chi connectivity index (χ0n) is 8.20. The van der Waals surface area contributed by atoms with Gasteiger partial charge in [-0.2, -0.15) is 0 Å². The van der Waals surface area contributed by atoms with Crippen molar-refractivity contribution in [3.63, 3.8) is 0 Å². The van der Waals surface area contributed by atoms with Crippen molar-refractivity contribution in [1.29, 1.82) is 0 Å². The Morgan fingerprint density at radius 2 is 2.06 bits per heavy atom. The Morgan fingerprint density at radius 1 is 1.25 bits per heavy atom. The molecular weight excluding hydrogens is 208 g/mol. The van der Waals surface area contributed by atoms with E-state index >= 15 is 0 Å². The van der Waals surface area contributed by atoms with Crippen molar-refractivity contribution in [3.05, 3.63) is 52.8 Å². The standard InChI is InChI=1S/C11H8N2O3/c14-10-5-1-4-9(11(10)13(15)16)8-3-2-6-12-7-8/h1-7,14H. The summed E-state index contributed by atoms with van der Waals surface area (Å²) in [6, 6.07) is 7.81. The summed E-state index contributed by atoms with van der Waals surface area (Å²) < 4.78 is 0. The number of rotatable bonds is 2. The number of hydrogen-bond acceptors (Lipinski definition) is 4. The van der Waals surface area contributed by atoms with Crippen LogP contribution in [0.1, 0.15) is 0 Å². The lowest BCUT2D eigenvalue weighted by Crippen LogP contribution is -1.92. The van der Waals surface area contributed by atoms with E-state index in [-0.39, 0.29) is 11.4 Å². The van der Waals surface area contributed by atoms with Gasteiger partial charge in [-0.3, -0.25) is 15.1 Å². The first-order chi connectivity index (χ1) is 7.70. The molecule has 0 saturated heterocycles. The van der Waals surface area contributed by atoms with Gasteiger partial charge in [-0.15, -0.1) is 0 Å². The van der Waals surface area contributed by atoms with E-state index in [1.165, 1.54) is 12.3 Å². The van der Waals surface area contributed by atoms with Gasteiger partial charge in [0.05, 0.1) is 10.5 Å². The van der Waals surface area contributed by atoms with Crippen LogP contribution in [-0.2, 0) is 0 Å². The molecule has 0 spiro atoms. The molecule has 2 aromatic rings. The lowest BCUT2D eigenvalue weighted by molar-refractivity contribution is -0.385. The molecule has 0 bridgehead atoms. The minimum atomic E-state index is -0.600. The molecule has 0 unspecified atom stereocenters. The van der Waals surface area contributed by atoms with Crippen molar-refractivity contribution in [2.45, 2.75) is 0 Å². The minimum absolute atomic E-state index is 0.296. The van der Waals surface area contributed by atoms with Crippen LogP contribution in [0.15, 0.2) is 42.7 Å². The summed E-state index contributed by atoms with van der Waals surface area (Å²) in [5, 5.41) is 20.3. The van der Waals surface area contributed by atoms with E-state index in [0.29, 0.717) is 11.1 Å². The minimum Gasteiger partial charge on any atom is -0.502 e. The predicted octanol–water partition coefficient (Wildman–Crippen LogP) is 2.36. The first-order valence-corrected chi connectivity index (χ1v) is 4.57. The fourth-order valence-electron chi connectivity index (χ4n) is 1.48. The van der Waals surface area contributed by atoms with Crippen LogP contribution in [0, 0.1) is 10.1 Å². The van der Waals surface area contributed by atoms with Gasteiger partial charge in [-0.1, -0.05) is 12.1 Å². The summed E-state index contributed by atoms with van der Waals surface area (Å²) >= 11 is 0. The van der Waals surface area contributed by atoms with E-state index in [0.717, 1.165) is 0 Å². The van der Waals surface area contributed by atoms with Crippen LogP contribution >= 0.6 is 0 Å². The molecule has 0 aliphatic carbocycles. The second-order valence-electron chi connectivity index (χ2n) is 3.17. The van der Waals surface area contributed by atoms with Crippen molar-refractivity contribution in [2.24, 2.45) is 0 Å². The SMILES string of the molecule is O=[N+]([O-])c1c(O)cccc1-c1cccnc1. The van der Waals surface area contributed by atoms with Crippen molar-refractivity contribution in [2.75, 3.05) is 0 Å². The van der Waals surface area contributed by atoms with E-state index in [4.69, 9.17) is 0 Å². The number of nitro groups is 1. The Kier molecular flexibility index (Phi) is 2.51. The van der Waals surface area contributed by atoms with Gasteiger partial charge in [0.15, 0.2) is 5.75 Å².